The lowest BCUT2D eigenvalue weighted by Gasteiger charge is -2.40. The number of hydrogen-bond acceptors (Lipinski definition) is 2. The molecule has 1 saturated heterocycles. The first-order chi connectivity index (χ1) is 7.30. The first-order valence-electron chi connectivity index (χ1n) is 6.73. The third-order valence-corrected chi connectivity index (χ3v) is 3.86. The fraction of sp³-hybridized carbons (Fsp3) is 1.00. The Morgan fingerprint density at radius 3 is 2.06 bits per heavy atom. The van der Waals surface area contributed by atoms with Crippen LogP contribution in [0.25, 0.3) is 0 Å². The Bertz CT molecular complexity index is 199. The molecule has 0 saturated carbocycles. The first kappa shape index (κ1) is 14.0. The van der Waals surface area contributed by atoms with Gasteiger partial charge in [0.1, 0.15) is 6.23 Å². The molecular formula is C14H29NO. The summed E-state index contributed by atoms with van der Waals surface area (Å²) in [4.78, 5) is 2.25. The average molecular weight is 227 g/mol. The molecule has 16 heavy (non-hydrogen) atoms. The van der Waals surface area contributed by atoms with Gasteiger partial charge in [-0.05, 0) is 36.5 Å². The van der Waals surface area contributed by atoms with Crippen LogP contribution in [0.5, 0.6) is 0 Å². The minimum atomic E-state index is -0.221. The van der Waals surface area contributed by atoms with E-state index in [1.54, 1.807) is 0 Å². The number of nitrogens with zero attached hydrogens (tertiary/aromatic N) is 1. The van der Waals surface area contributed by atoms with E-state index in [0.717, 1.165) is 25.4 Å². The van der Waals surface area contributed by atoms with Crippen molar-refractivity contribution in [3.63, 3.8) is 0 Å². The number of rotatable bonds is 3. The van der Waals surface area contributed by atoms with Crippen LogP contribution in [0.15, 0.2) is 0 Å². The molecule has 0 radical (unpaired) electrons. The number of aliphatic hydroxyl groups excluding tert-OH is 1. The number of hydrogen-bond donors (Lipinski definition) is 1. The first-order valence-corrected chi connectivity index (χ1v) is 6.73. The molecule has 96 valence electrons. The van der Waals surface area contributed by atoms with Crippen molar-refractivity contribution < 1.29 is 5.11 Å². The van der Waals surface area contributed by atoms with Crippen LogP contribution in [-0.2, 0) is 0 Å². The second kappa shape index (κ2) is 5.50. The summed E-state index contributed by atoms with van der Waals surface area (Å²) in [6.07, 6.45) is 3.15. The average Bonchev–Trinajstić information content (AvgIpc) is 2.15. The van der Waals surface area contributed by atoms with E-state index in [0.29, 0.717) is 11.3 Å². The van der Waals surface area contributed by atoms with Gasteiger partial charge in [0.25, 0.3) is 0 Å². The SMILES string of the molecule is CC(C)C[C@@H](O)N1CCC(C(C)(C)C)CC1. The van der Waals surface area contributed by atoms with E-state index < -0.39 is 0 Å². The second-order valence-corrected chi connectivity index (χ2v) is 6.79. The molecule has 0 aromatic carbocycles. The van der Waals surface area contributed by atoms with Crippen molar-refractivity contribution in [2.24, 2.45) is 17.3 Å². The van der Waals surface area contributed by atoms with E-state index in [4.69, 9.17) is 0 Å². The Morgan fingerprint density at radius 2 is 1.69 bits per heavy atom. The highest BCUT2D eigenvalue weighted by molar-refractivity contribution is 4.81. The monoisotopic (exact) mass is 227 g/mol. The molecule has 1 rings (SSSR count). The van der Waals surface area contributed by atoms with Crippen molar-refractivity contribution >= 4 is 0 Å². The molecule has 1 aliphatic heterocycles. The minimum Gasteiger partial charge on any atom is -0.378 e. The van der Waals surface area contributed by atoms with Gasteiger partial charge in [0.15, 0.2) is 0 Å². The molecule has 0 unspecified atom stereocenters. The van der Waals surface area contributed by atoms with Gasteiger partial charge in [-0.25, -0.2) is 0 Å². The molecule has 1 fully saturated rings. The van der Waals surface area contributed by atoms with Crippen LogP contribution in [0.4, 0.5) is 0 Å². The third kappa shape index (κ3) is 4.06. The van der Waals surface area contributed by atoms with Crippen LogP contribution >= 0.6 is 0 Å². The van der Waals surface area contributed by atoms with E-state index in [-0.39, 0.29) is 6.23 Å². The van der Waals surface area contributed by atoms with E-state index in [2.05, 4.69) is 39.5 Å². The summed E-state index contributed by atoms with van der Waals surface area (Å²) in [7, 11) is 0. The lowest BCUT2D eigenvalue weighted by molar-refractivity contribution is -0.0388. The van der Waals surface area contributed by atoms with Gasteiger partial charge in [-0.15, -0.1) is 0 Å². The smallest absolute Gasteiger partial charge is 0.107 e. The molecule has 0 aromatic rings. The van der Waals surface area contributed by atoms with Crippen LogP contribution in [0.2, 0.25) is 0 Å². The lowest BCUT2D eigenvalue weighted by Crippen LogP contribution is -2.44. The summed E-state index contributed by atoms with van der Waals surface area (Å²) in [5, 5.41) is 10.1. The Morgan fingerprint density at radius 1 is 1.19 bits per heavy atom. The Kier molecular flexibility index (Phi) is 4.81. The van der Waals surface area contributed by atoms with Crippen LogP contribution in [-0.4, -0.2) is 29.3 Å². The Labute approximate surface area is 101 Å². The second-order valence-electron chi connectivity index (χ2n) is 6.79. The van der Waals surface area contributed by atoms with Gasteiger partial charge >= 0.3 is 0 Å². The van der Waals surface area contributed by atoms with E-state index in [1.807, 2.05) is 0 Å². The minimum absolute atomic E-state index is 0.221. The van der Waals surface area contributed by atoms with E-state index in [9.17, 15) is 5.11 Å². The highest BCUT2D eigenvalue weighted by Crippen LogP contribution is 2.34. The lowest BCUT2D eigenvalue weighted by atomic mass is 9.75. The third-order valence-electron chi connectivity index (χ3n) is 3.86. The summed E-state index contributed by atoms with van der Waals surface area (Å²) in [5.41, 5.74) is 0.426. The maximum atomic E-state index is 10.1. The van der Waals surface area contributed by atoms with Crippen molar-refractivity contribution in [3.05, 3.63) is 0 Å². The van der Waals surface area contributed by atoms with E-state index >= 15 is 0 Å². The normalized spacial score (nSPS) is 22.7. The van der Waals surface area contributed by atoms with Gasteiger partial charge in [0.2, 0.25) is 0 Å². The summed E-state index contributed by atoms with van der Waals surface area (Å²) >= 11 is 0. The summed E-state index contributed by atoms with van der Waals surface area (Å²) in [6, 6.07) is 0. The van der Waals surface area contributed by atoms with Gasteiger partial charge in [0, 0.05) is 13.1 Å². The zero-order valence-corrected chi connectivity index (χ0v) is 11.7. The predicted molar refractivity (Wildman–Crippen MR) is 69.2 cm³/mol. The number of aliphatic hydroxyl groups is 1. The standard InChI is InChI=1S/C14H29NO/c1-11(2)10-13(16)15-8-6-12(7-9-15)14(3,4)5/h11-13,16H,6-10H2,1-5H3/t13-/m1/s1. The van der Waals surface area contributed by atoms with Crippen LogP contribution in [0, 0.1) is 17.3 Å². The van der Waals surface area contributed by atoms with Crippen LogP contribution in [0.3, 0.4) is 0 Å². The van der Waals surface area contributed by atoms with Gasteiger partial charge < -0.3 is 5.11 Å². The molecule has 2 nitrogen and oxygen atoms in total. The highest BCUT2D eigenvalue weighted by atomic mass is 16.3. The zero-order chi connectivity index (χ0) is 12.3. The molecule has 1 heterocycles. The molecule has 1 atom stereocenters. The fourth-order valence-electron chi connectivity index (χ4n) is 2.63. The predicted octanol–water partition coefficient (Wildman–Crippen LogP) is 3.11. The van der Waals surface area contributed by atoms with Crippen LogP contribution in [0.1, 0.15) is 53.9 Å². The fourth-order valence-corrected chi connectivity index (χ4v) is 2.63. The molecule has 2 heteroatoms. The van der Waals surface area contributed by atoms with Crippen molar-refractivity contribution in [1.29, 1.82) is 0 Å². The van der Waals surface area contributed by atoms with Crippen molar-refractivity contribution in [2.45, 2.75) is 60.1 Å². The summed E-state index contributed by atoms with van der Waals surface area (Å²) < 4.78 is 0. The molecule has 0 aliphatic carbocycles. The molecular weight excluding hydrogens is 198 g/mol. The molecule has 1 N–H and O–H groups in total. The Balaban J connectivity index is 2.37. The number of likely N-dealkylation sites (tertiary alicyclic amines) is 1. The van der Waals surface area contributed by atoms with Crippen molar-refractivity contribution in [2.75, 3.05) is 13.1 Å². The molecule has 0 aromatic heterocycles. The maximum absolute atomic E-state index is 10.1. The summed E-state index contributed by atoms with van der Waals surface area (Å²) in [6.45, 7) is 13.5. The van der Waals surface area contributed by atoms with Gasteiger partial charge in [-0.3, -0.25) is 4.90 Å². The maximum Gasteiger partial charge on any atom is 0.107 e. The van der Waals surface area contributed by atoms with Gasteiger partial charge in [0.05, 0.1) is 0 Å². The van der Waals surface area contributed by atoms with Gasteiger partial charge in [-0.2, -0.15) is 0 Å². The van der Waals surface area contributed by atoms with E-state index in [1.165, 1.54) is 12.8 Å². The highest BCUT2D eigenvalue weighted by Gasteiger charge is 2.30. The Hall–Kier alpha value is -0.0800. The molecule has 1 aliphatic rings. The molecule has 0 bridgehead atoms. The zero-order valence-electron chi connectivity index (χ0n) is 11.7. The van der Waals surface area contributed by atoms with Crippen molar-refractivity contribution in [3.8, 4) is 0 Å². The molecule has 0 spiro atoms. The van der Waals surface area contributed by atoms with Crippen LogP contribution < -0.4 is 0 Å². The van der Waals surface area contributed by atoms with Gasteiger partial charge in [-0.1, -0.05) is 34.6 Å². The van der Waals surface area contributed by atoms with Crippen molar-refractivity contribution in [1.82, 2.24) is 4.90 Å². The largest absolute Gasteiger partial charge is 0.378 e. The topological polar surface area (TPSA) is 23.5 Å². The number of piperidine rings is 1. The summed E-state index contributed by atoms with van der Waals surface area (Å²) in [5.74, 6) is 1.39. The molecule has 0 amide bonds. The quantitative estimate of drug-likeness (QED) is 0.801.